The Bertz CT molecular complexity index is 248. The standard InChI is InChI=1S/C11H22N2O4/c1-11(2,3)17-10(15)13-7-5-4-6-8-16-9(12)14/h4-8H2,1-3H3,(H2,12,14)(H,13,15). The number of amides is 2. The topological polar surface area (TPSA) is 90.7 Å². The minimum atomic E-state index is -0.753. The molecule has 100 valence electrons. The Labute approximate surface area is 102 Å². The fourth-order valence-electron chi connectivity index (χ4n) is 1.08. The van der Waals surface area contributed by atoms with Gasteiger partial charge >= 0.3 is 12.2 Å². The van der Waals surface area contributed by atoms with Crippen molar-refractivity contribution in [3.63, 3.8) is 0 Å². The number of nitrogens with two attached hydrogens (primary N) is 1. The lowest BCUT2D eigenvalue weighted by Crippen LogP contribution is -2.33. The van der Waals surface area contributed by atoms with Gasteiger partial charge in [-0.15, -0.1) is 0 Å². The maximum Gasteiger partial charge on any atom is 0.407 e. The van der Waals surface area contributed by atoms with Crippen LogP contribution in [0.2, 0.25) is 0 Å². The zero-order valence-electron chi connectivity index (χ0n) is 10.7. The molecule has 0 heterocycles. The van der Waals surface area contributed by atoms with E-state index in [-0.39, 0.29) is 0 Å². The molecule has 17 heavy (non-hydrogen) atoms. The van der Waals surface area contributed by atoms with Crippen LogP contribution in [0.5, 0.6) is 0 Å². The smallest absolute Gasteiger partial charge is 0.407 e. The Morgan fingerprint density at radius 1 is 1.18 bits per heavy atom. The summed E-state index contributed by atoms with van der Waals surface area (Å²) in [5.41, 5.74) is 4.32. The van der Waals surface area contributed by atoms with Crippen molar-refractivity contribution in [2.24, 2.45) is 5.73 Å². The Balaban J connectivity index is 3.34. The van der Waals surface area contributed by atoms with E-state index in [2.05, 4.69) is 10.1 Å². The molecule has 6 nitrogen and oxygen atoms in total. The third-order valence-corrected chi connectivity index (χ3v) is 1.73. The van der Waals surface area contributed by atoms with Gasteiger partial charge in [0.15, 0.2) is 0 Å². The average Bonchev–Trinajstić information content (AvgIpc) is 2.12. The van der Waals surface area contributed by atoms with Gasteiger partial charge < -0.3 is 20.5 Å². The first-order valence-corrected chi connectivity index (χ1v) is 5.70. The molecule has 6 heteroatoms. The third kappa shape index (κ3) is 12.5. The number of ether oxygens (including phenoxy) is 2. The molecule has 0 unspecified atom stereocenters. The molecular formula is C11H22N2O4. The van der Waals surface area contributed by atoms with Crippen LogP contribution in [0.3, 0.4) is 0 Å². The number of hydrogen-bond donors (Lipinski definition) is 2. The van der Waals surface area contributed by atoms with E-state index in [0.29, 0.717) is 13.2 Å². The van der Waals surface area contributed by atoms with Crippen molar-refractivity contribution in [3.05, 3.63) is 0 Å². The summed E-state index contributed by atoms with van der Waals surface area (Å²) in [5, 5.41) is 2.65. The zero-order valence-corrected chi connectivity index (χ0v) is 10.7. The number of alkyl carbamates (subject to hydrolysis) is 1. The van der Waals surface area contributed by atoms with E-state index in [1.54, 1.807) is 0 Å². The average molecular weight is 246 g/mol. The van der Waals surface area contributed by atoms with Gasteiger partial charge in [0.05, 0.1) is 6.61 Å². The number of nitrogens with one attached hydrogen (secondary N) is 1. The van der Waals surface area contributed by atoms with E-state index in [0.717, 1.165) is 19.3 Å². The first-order valence-electron chi connectivity index (χ1n) is 5.70. The van der Waals surface area contributed by atoms with Crippen LogP contribution < -0.4 is 11.1 Å². The lowest BCUT2D eigenvalue weighted by atomic mass is 10.2. The van der Waals surface area contributed by atoms with Gasteiger partial charge in [0.2, 0.25) is 0 Å². The second-order valence-corrected chi connectivity index (χ2v) is 4.66. The number of rotatable bonds is 6. The molecule has 0 saturated carbocycles. The van der Waals surface area contributed by atoms with E-state index in [4.69, 9.17) is 10.5 Å². The zero-order chi connectivity index (χ0) is 13.3. The van der Waals surface area contributed by atoms with Gasteiger partial charge in [-0.2, -0.15) is 0 Å². The summed E-state index contributed by atoms with van der Waals surface area (Å²) in [6.45, 7) is 6.31. The van der Waals surface area contributed by atoms with Crippen LogP contribution >= 0.6 is 0 Å². The Morgan fingerprint density at radius 2 is 1.82 bits per heavy atom. The normalized spacial score (nSPS) is 10.8. The largest absolute Gasteiger partial charge is 0.450 e. The summed E-state index contributed by atoms with van der Waals surface area (Å²) in [4.78, 5) is 21.5. The first-order chi connectivity index (χ1) is 7.81. The first kappa shape index (κ1) is 15.5. The van der Waals surface area contributed by atoms with Crippen molar-refractivity contribution in [1.29, 1.82) is 0 Å². The quantitative estimate of drug-likeness (QED) is 0.699. The predicted molar refractivity (Wildman–Crippen MR) is 63.6 cm³/mol. The number of carbonyl (C=O) groups excluding carboxylic acids is 2. The van der Waals surface area contributed by atoms with Crippen molar-refractivity contribution in [2.75, 3.05) is 13.2 Å². The van der Waals surface area contributed by atoms with Gasteiger partial charge in [0, 0.05) is 6.54 Å². The van der Waals surface area contributed by atoms with Crippen LogP contribution in [0.25, 0.3) is 0 Å². The van der Waals surface area contributed by atoms with E-state index >= 15 is 0 Å². The SMILES string of the molecule is CC(C)(C)OC(=O)NCCCCCOC(N)=O. The summed E-state index contributed by atoms with van der Waals surface area (Å²) < 4.78 is 9.62. The maximum atomic E-state index is 11.2. The van der Waals surface area contributed by atoms with E-state index in [1.807, 2.05) is 20.8 Å². The molecule has 0 aliphatic rings. The molecule has 0 rings (SSSR count). The highest BCUT2D eigenvalue weighted by molar-refractivity contribution is 5.67. The number of unbranched alkanes of at least 4 members (excludes halogenated alkanes) is 2. The van der Waals surface area contributed by atoms with Crippen LogP contribution in [-0.2, 0) is 9.47 Å². The summed E-state index contributed by atoms with van der Waals surface area (Å²) in [6, 6.07) is 0. The van der Waals surface area contributed by atoms with Crippen molar-refractivity contribution >= 4 is 12.2 Å². The van der Waals surface area contributed by atoms with Gasteiger partial charge in [-0.1, -0.05) is 0 Å². The van der Waals surface area contributed by atoms with Gasteiger partial charge in [-0.25, -0.2) is 9.59 Å². The molecule has 0 aliphatic heterocycles. The molecule has 0 radical (unpaired) electrons. The fraction of sp³-hybridized carbons (Fsp3) is 0.818. The third-order valence-electron chi connectivity index (χ3n) is 1.73. The molecule has 0 atom stereocenters. The van der Waals surface area contributed by atoms with Crippen LogP contribution in [-0.4, -0.2) is 30.9 Å². The minimum absolute atomic E-state index is 0.321. The minimum Gasteiger partial charge on any atom is -0.450 e. The monoisotopic (exact) mass is 246 g/mol. The number of primary amides is 1. The molecule has 0 aromatic rings. The van der Waals surface area contributed by atoms with Gasteiger partial charge in [-0.3, -0.25) is 0 Å². The van der Waals surface area contributed by atoms with Crippen LogP contribution in [0.1, 0.15) is 40.0 Å². The van der Waals surface area contributed by atoms with E-state index < -0.39 is 17.8 Å². The molecule has 3 N–H and O–H groups in total. The molecule has 0 fully saturated rings. The highest BCUT2D eigenvalue weighted by Gasteiger charge is 2.15. The molecule has 0 bridgehead atoms. The lowest BCUT2D eigenvalue weighted by Gasteiger charge is -2.19. The van der Waals surface area contributed by atoms with Crippen molar-refractivity contribution in [3.8, 4) is 0 Å². The Kier molecular flexibility index (Phi) is 7.09. The van der Waals surface area contributed by atoms with Crippen molar-refractivity contribution < 1.29 is 19.1 Å². The molecule has 0 saturated heterocycles. The number of carbonyl (C=O) groups is 2. The van der Waals surface area contributed by atoms with Gasteiger partial charge in [-0.05, 0) is 40.0 Å². The van der Waals surface area contributed by atoms with E-state index in [1.165, 1.54) is 0 Å². The van der Waals surface area contributed by atoms with Crippen LogP contribution in [0, 0.1) is 0 Å². The van der Waals surface area contributed by atoms with Gasteiger partial charge in [0.25, 0.3) is 0 Å². The molecule has 0 spiro atoms. The molecule has 0 aromatic heterocycles. The van der Waals surface area contributed by atoms with Crippen molar-refractivity contribution in [1.82, 2.24) is 5.32 Å². The summed E-state index contributed by atoms with van der Waals surface area (Å²) in [7, 11) is 0. The second-order valence-electron chi connectivity index (χ2n) is 4.66. The van der Waals surface area contributed by atoms with E-state index in [9.17, 15) is 9.59 Å². The number of hydrogen-bond acceptors (Lipinski definition) is 4. The summed E-state index contributed by atoms with van der Waals surface area (Å²) in [6.07, 6.45) is 1.23. The van der Waals surface area contributed by atoms with Crippen LogP contribution in [0.4, 0.5) is 9.59 Å². The van der Waals surface area contributed by atoms with Crippen molar-refractivity contribution in [2.45, 2.75) is 45.6 Å². The maximum absolute atomic E-state index is 11.2. The fourth-order valence-corrected chi connectivity index (χ4v) is 1.08. The van der Waals surface area contributed by atoms with Gasteiger partial charge in [0.1, 0.15) is 5.60 Å². The summed E-state index contributed by atoms with van der Waals surface area (Å²) >= 11 is 0. The predicted octanol–water partition coefficient (Wildman–Crippen LogP) is 1.78. The Morgan fingerprint density at radius 3 is 2.35 bits per heavy atom. The highest BCUT2D eigenvalue weighted by Crippen LogP contribution is 2.06. The molecule has 0 aliphatic carbocycles. The molecular weight excluding hydrogens is 224 g/mol. The lowest BCUT2D eigenvalue weighted by molar-refractivity contribution is 0.0527. The Hall–Kier alpha value is -1.46. The highest BCUT2D eigenvalue weighted by atomic mass is 16.6. The molecule has 0 aromatic carbocycles. The van der Waals surface area contributed by atoms with Crippen LogP contribution in [0.15, 0.2) is 0 Å². The second kappa shape index (κ2) is 7.76. The molecule has 2 amide bonds. The summed E-state index contributed by atoms with van der Waals surface area (Å²) in [5.74, 6) is 0.